The Labute approximate surface area is 79.3 Å². The Morgan fingerprint density at radius 2 is 2.21 bits per heavy atom. The quantitative estimate of drug-likeness (QED) is 0.422. The highest BCUT2D eigenvalue weighted by atomic mass is 16.3. The van der Waals surface area contributed by atoms with Gasteiger partial charge in [-0.1, -0.05) is 11.2 Å². The van der Waals surface area contributed by atoms with Crippen LogP contribution in [0.2, 0.25) is 0 Å². The Morgan fingerprint density at radius 1 is 1.36 bits per heavy atom. The molecule has 14 heavy (non-hydrogen) atoms. The molecule has 0 aliphatic carbocycles. The molecule has 5 nitrogen and oxygen atoms in total. The number of hydrogen-bond acceptors (Lipinski definition) is 3. The third-order valence-electron chi connectivity index (χ3n) is 1.88. The Morgan fingerprint density at radius 3 is 3.00 bits per heavy atom. The molecule has 0 amide bonds. The summed E-state index contributed by atoms with van der Waals surface area (Å²) >= 11 is 0. The molecule has 1 aromatic carbocycles. The molecule has 2 aromatic rings. The van der Waals surface area contributed by atoms with Crippen LogP contribution >= 0.6 is 0 Å². The fourth-order valence-corrected chi connectivity index (χ4v) is 1.28. The molecule has 0 saturated carbocycles. The molecule has 5 heteroatoms. The maximum Gasteiger partial charge on any atom is 0.125 e. The number of nitrogens with zero attached hydrogens (tertiary/aromatic N) is 4. The Hall–Kier alpha value is -2.26. The number of aromatic nitrogens is 1. The molecule has 0 unspecified atom stereocenters. The summed E-state index contributed by atoms with van der Waals surface area (Å²) in [5.74, 6) is -0.0386. The Kier molecular flexibility index (Phi) is 1.93. The monoisotopic (exact) mass is 186 g/mol. The number of phenols is 1. The van der Waals surface area contributed by atoms with Gasteiger partial charge < -0.3 is 5.11 Å². The summed E-state index contributed by atoms with van der Waals surface area (Å²) in [4.78, 5) is 6.72. The van der Waals surface area contributed by atoms with Crippen LogP contribution in [0.5, 0.6) is 5.75 Å². The molecule has 1 heterocycles. The number of pyridine rings is 1. The van der Waals surface area contributed by atoms with Crippen molar-refractivity contribution >= 4 is 16.6 Å². The molecule has 1 aromatic heterocycles. The largest absolute Gasteiger partial charge is 0.507 e. The van der Waals surface area contributed by atoms with E-state index in [1.54, 1.807) is 24.4 Å². The first-order valence-corrected chi connectivity index (χ1v) is 3.95. The van der Waals surface area contributed by atoms with Crippen LogP contribution in [0.15, 0.2) is 35.6 Å². The molecule has 0 aliphatic rings. The predicted molar refractivity (Wildman–Crippen MR) is 52.2 cm³/mol. The SMILES string of the molecule is [N-]=[N+]=Nc1c(O)ccc2ncccc12. The topological polar surface area (TPSA) is 81.9 Å². The molecular formula is C9H6N4O. The summed E-state index contributed by atoms with van der Waals surface area (Å²) in [6.45, 7) is 0. The van der Waals surface area contributed by atoms with E-state index in [9.17, 15) is 5.11 Å². The molecule has 0 radical (unpaired) electrons. The van der Waals surface area contributed by atoms with Crippen LogP contribution in [-0.2, 0) is 0 Å². The number of phenolic OH excluding ortho intramolecular Hbond substituents is 1. The first-order chi connectivity index (χ1) is 6.83. The zero-order chi connectivity index (χ0) is 9.97. The van der Waals surface area contributed by atoms with Crippen molar-refractivity contribution < 1.29 is 5.11 Å². The molecule has 68 valence electrons. The van der Waals surface area contributed by atoms with Gasteiger partial charge in [0.25, 0.3) is 0 Å². The average Bonchev–Trinajstić information content (AvgIpc) is 2.23. The fourth-order valence-electron chi connectivity index (χ4n) is 1.28. The Bertz CT molecular complexity index is 531. The molecule has 0 saturated heterocycles. The predicted octanol–water partition coefficient (Wildman–Crippen LogP) is 2.88. The molecular weight excluding hydrogens is 180 g/mol. The van der Waals surface area contributed by atoms with Gasteiger partial charge in [-0.25, -0.2) is 0 Å². The van der Waals surface area contributed by atoms with Gasteiger partial charge in [-0.3, -0.25) is 4.98 Å². The van der Waals surface area contributed by atoms with Gasteiger partial charge in [-0.2, -0.15) is 0 Å². The maximum absolute atomic E-state index is 9.45. The van der Waals surface area contributed by atoms with Crippen LogP contribution < -0.4 is 0 Å². The van der Waals surface area contributed by atoms with Crippen LogP contribution in [0.3, 0.4) is 0 Å². The normalized spacial score (nSPS) is 9.71. The van der Waals surface area contributed by atoms with E-state index in [2.05, 4.69) is 15.0 Å². The third kappa shape index (κ3) is 1.22. The highest BCUT2D eigenvalue weighted by Crippen LogP contribution is 2.33. The molecule has 0 bridgehead atoms. The standard InChI is InChI=1S/C9H6N4O/c10-13-12-9-6-2-1-5-11-7(6)3-4-8(9)14/h1-5,14H. The van der Waals surface area contributed by atoms with Crippen molar-refractivity contribution in [2.45, 2.75) is 0 Å². The summed E-state index contributed by atoms with van der Waals surface area (Å²) in [5, 5.41) is 13.5. The lowest BCUT2D eigenvalue weighted by Crippen LogP contribution is -1.77. The van der Waals surface area contributed by atoms with Crippen molar-refractivity contribution in [3.8, 4) is 5.75 Å². The lowest BCUT2D eigenvalue weighted by atomic mass is 10.2. The van der Waals surface area contributed by atoms with Gasteiger partial charge in [0.15, 0.2) is 0 Å². The number of hydrogen-bond donors (Lipinski definition) is 1. The van der Waals surface area contributed by atoms with Crippen LogP contribution in [0, 0.1) is 0 Å². The van der Waals surface area contributed by atoms with Crippen LogP contribution in [-0.4, -0.2) is 10.1 Å². The third-order valence-corrected chi connectivity index (χ3v) is 1.88. The molecule has 0 spiro atoms. The highest BCUT2D eigenvalue weighted by molar-refractivity contribution is 5.92. The number of benzene rings is 1. The van der Waals surface area contributed by atoms with Gasteiger partial charge in [0.1, 0.15) is 5.75 Å². The van der Waals surface area contributed by atoms with Gasteiger partial charge in [0.05, 0.1) is 11.2 Å². The number of aromatic hydroxyl groups is 1. The number of azide groups is 1. The fraction of sp³-hybridized carbons (Fsp3) is 0. The summed E-state index contributed by atoms with van der Waals surface area (Å²) in [7, 11) is 0. The lowest BCUT2D eigenvalue weighted by Gasteiger charge is -2.01. The summed E-state index contributed by atoms with van der Waals surface area (Å²) < 4.78 is 0. The van der Waals surface area contributed by atoms with Crippen molar-refractivity contribution in [3.63, 3.8) is 0 Å². The molecule has 2 rings (SSSR count). The summed E-state index contributed by atoms with van der Waals surface area (Å²) in [5.41, 5.74) is 9.24. The molecule has 0 aliphatic heterocycles. The smallest absolute Gasteiger partial charge is 0.125 e. The summed E-state index contributed by atoms with van der Waals surface area (Å²) in [6.07, 6.45) is 1.64. The maximum atomic E-state index is 9.45. The molecule has 0 fully saturated rings. The first kappa shape index (κ1) is 8.34. The lowest BCUT2D eigenvalue weighted by molar-refractivity contribution is 0.477. The number of fused-ring (bicyclic) bond motifs is 1. The minimum Gasteiger partial charge on any atom is -0.507 e. The van der Waals surface area contributed by atoms with Crippen LogP contribution in [0.1, 0.15) is 0 Å². The first-order valence-electron chi connectivity index (χ1n) is 3.95. The minimum absolute atomic E-state index is 0.0386. The van der Waals surface area contributed by atoms with E-state index in [1.807, 2.05) is 0 Å². The molecule has 1 N–H and O–H groups in total. The van der Waals surface area contributed by atoms with Crippen LogP contribution in [0.4, 0.5) is 5.69 Å². The van der Waals surface area contributed by atoms with Gasteiger partial charge in [-0.05, 0) is 23.7 Å². The van der Waals surface area contributed by atoms with E-state index < -0.39 is 0 Å². The van der Waals surface area contributed by atoms with E-state index in [-0.39, 0.29) is 11.4 Å². The molecule has 0 atom stereocenters. The van der Waals surface area contributed by atoms with Crippen molar-refractivity contribution in [3.05, 3.63) is 40.9 Å². The van der Waals surface area contributed by atoms with E-state index in [0.29, 0.717) is 10.9 Å². The zero-order valence-corrected chi connectivity index (χ0v) is 7.12. The summed E-state index contributed by atoms with van der Waals surface area (Å²) in [6, 6.07) is 6.59. The van der Waals surface area contributed by atoms with Crippen molar-refractivity contribution in [2.75, 3.05) is 0 Å². The second kappa shape index (κ2) is 3.24. The second-order valence-electron chi connectivity index (χ2n) is 2.69. The van der Waals surface area contributed by atoms with Gasteiger partial charge >= 0.3 is 0 Å². The van der Waals surface area contributed by atoms with Crippen molar-refractivity contribution in [2.24, 2.45) is 5.11 Å². The van der Waals surface area contributed by atoms with E-state index in [1.165, 1.54) is 6.07 Å². The second-order valence-corrected chi connectivity index (χ2v) is 2.69. The van der Waals surface area contributed by atoms with Gasteiger partial charge in [0, 0.05) is 16.5 Å². The van der Waals surface area contributed by atoms with Gasteiger partial charge in [-0.15, -0.1) is 0 Å². The van der Waals surface area contributed by atoms with Gasteiger partial charge in [0.2, 0.25) is 0 Å². The van der Waals surface area contributed by atoms with Crippen molar-refractivity contribution in [1.29, 1.82) is 0 Å². The zero-order valence-electron chi connectivity index (χ0n) is 7.12. The van der Waals surface area contributed by atoms with E-state index in [4.69, 9.17) is 5.53 Å². The Balaban J connectivity index is 2.89. The average molecular weight is 186 g/mol. The van der Waals surface area contributed by atoms with E-state index >= 15 is 0 Å². The van der Waals surface area contributed by atoms with Crippen molar-refractivity contribution in [1.82, 2.24) is 4.98 Å². The van der Waals surface area contributed by atoms with E-state index in [0.717, 1.165) is 0 Å². The minimum atomic E-state index is -0.0386. The van der Waals surface area contributed by atoms with Crippen LogP contribution in [0.25, 0.3) is 21.3 Å². The highest BCUT2D eigenvalue weighted by Gasteiger charge is 2.04. The number of rotatable bonds is 1.